The minimum absolute atomic E-state index is 0.0931. The molecule has 0 aliphatic carbocycles. The number of benzene rings is 1. The highest BCUT2D eigenvalue weighted by atomic mass is 19.4. The first-order chi connectivity index (χ1) is 7.04. The van der Waals surface area contributed by atoms with E-state index in [9.17, 15) is 13.2 Å². The maximum absolute atomic E-state index is 12.0. The molecule has 1 rings (SSSR count). The summed E-state index contributed by atoms with van der Waals surface area (Å²) in [7, 11) is 0. The monoisotopic (exact) mass is 217 g/mol. The van der Waals surface area contributed by atoms with Gasteiger partial charge in [-0.25, -0.2) is 0 Å². The standard InChI is InChI=1S/C8H4F3NO.C2H6/c9-8(10,11)6-1-3-7(4-2-6)13-5-12;1-2/h1-4H;1-2H3. The molecule has 0 fully saturated rings. The van der Waals surface area contributed by atoms with Crippen LogP contribution in [0.3, 0.4) is 0 Å². The predicted molar refractivity (Wildman–Crippen MR) is 49.0 cm³/mol. The molecule has 82 valence electrons. The SMILES string of the molecule is CC.N#COc1ccc(C(F)(F)F)cc1. The van der Waals surface area contributed by atoms with E-state index in [1.807, 2.05) is 13.8 Å². The Balaban J connectivity index is 0.000000921. The summed E-state index contributed by atoms with van der Waals surface area (Å²) in [5, 5.41) is 8.05. The minimum atomic E-state index is -4.36. The lowest BCUT2D eigenvalue weighted by atomic mass is 10.2. The van der Waals surface area contributed by atoms with Gasteiger partial charge < -0.3 is 4.74 Å². The molecule has 0 radical (unpaired) electrons. The van der Waals surface area contributed by atoms with E-state index in [2.05, 4.69) is 4.74 Å². The summed E-state index contributed by atoms with van der Waals surface area (Å²) in [6, 6.07) is 3.89. The van der Waals surface area contributed by atoms with Crippen LogP contribution in [0.1, 0.15) is 19.4 Å². The Labute approximate surface area is 85.9 Å². The van der Waals surface area contributed by atoms with E-state index in [1.165, 1.54) is 6.26 Å². The molecule has 1 aromatic rings. The molecule has 0 aliphatic heterocycles. The Bertz CT molecular complexity index is 324. The fourth-order valence-electron chi connectivity index (χ4n) is 0.765. The number of rotatable bonds is 1. The van der Waals surface area contributed by atoms with Gasteiger partial charge in [0, 0.05) is 0 Å². The van der Waals surface area contributed by atoms with Gasteiger partial charge in [0.25, 0.3) is 6.26 Å². The first kappa shape index (κ1) is 13.3. The average Bonchev–Trinajstić information content (AvgIpc) is 2.21. The molecule has 0 saturated heterocycles. The summed E-state index contributed by atoms with van der Waals surface area (Å²) < 4.78 is 40.3. The molecule has 1 aromatic carbocycles. The molecule has 0 atom stereocenters. The van der Waals surface area contributed by atoms with Gasteiger partial charge in [0.2, 0.25) is 0 Å². The van der Waals surface area contributed by atoms with Crippen molar-refractivity contribution in [3.63, 3.8) is 0 Å². The molecular weight excluding hydrogens is 207 g/mol. The summed E-state index contributed by atoms with van der Waals surface area (Å²) in [5.74, 6) is 0.0931. The highest BCUT2D eigenvalue weighted by molar-refractivity contribution is 5.29. The van der Waals surface area contributed by atoms with Gasteiger partial charge in [0.05, 0.1) is 5.56 Å². The maximum atomic E-state index is 12.0. The van der Waals surface area contributed by atoms with E-state index in [0.29, 0.717) is 0 Å². The predicted octanol–water partition coefficient (Wildman–Crippen LogP) is 3.59. The lowest BCUT2D eigenvalue weighted by molar-refractivity contribution is -0.137. The third-order valence-electron chi connectivity index (χ3n) is 1.35. The van der Waals surface area contributed by atoms with Crippen molar-refractivity contribution in [2.24, 2.45) is 0 Å². The second kappa shape index (κ2) is 5.91. The Kier molecular flexibility index (Phi) is 5.24. The Hall–Kier alpha value is -1.70. The molecule has 0 aliphatic rings. The number of halogens is 3. The zero-order chi connectivity index (χ0) is 11.9. The van der Waals surface area contributed by atoms with Crippen LogP contribution in [0, 0.1) is 11.5 Å². The van der Waals surface area contributed by atoms with Gasteiger partial charge in [-0.15, -0.1) is 5.26 Å². The Morgan fingerprint density at radius 1 is 1.13 bits per heavy atom. The summed E-state index contributed by atoms with van der Waals surface area (Å²) in [4.78, 5) is 0. The number of hydrogen-bond acceptors (Lipinski definition) is 2. The number of hydrogen-bond donors (Lipinski definition) is 0. The van der Waals surface area contributed by atoms with Gasteiger partial charge in [-0.1, -0.05) is 13.8 Å². The molecule has 0 aromatic heterocycles. The van der Waals surface area contributed by atoms with Crippen molar-refractivity contribution in [1.29, 1.82) is 5.26 Å². The van der Waals surface area contributed by atoms with Crippen molar-refractivity contribution in [2.75, 3.05) is 0 Å². The molecule has 0 unspecified atom stereocenters. The van der Waals surface area contributed by atoms with Gasteiger partial charge in [0.15, 0.2) is 0 Å². The van der Waals surface area contributed by atoms with Crippen LogP contribution >= 0.6 is 0 Å². The quantitative estimate of drug-likeness (QED) is 0.673. The van der Waals surface area contributed by atoms with Gasteiger partial charge in [-0.3, -0.25) is 0 Å². The van der Waals surface area contributed by atoms with Crippen LogP contribution in [0.5, 0.6) is 5.75 Å². The molecule has 15 heavy (non-hydrogen) atoms. The van der Waals surface area contributed by atoms with Gasteiger partial charge in [-0.05, 0) is 24.3 Å². The summed E-state index contributed by atoms with van der Waals surface area (Å²) in [6.45, 7) is 4.00. The molecule has 0 amide bonds. The van der Waals surface area contributed by atoms with Gasteiger partial charge in [-0.2, -0.15) is 13.2 Å². The number of ether oxygens (including phenoxy) is 1. The largest absolute Gasteiger partial charge is 0.416 e. The highest BCUT2D eigenvalue weighted by Crippen LogP contribution is 2.30. The molecule has 0 N–H and O–H groups in total. The summed E-state index contributed by atoms with van der Waals surface area (Å²) in [5.41, 5.74) is -0.766. The summed E-state index contributed by atoms with van der Waals surface area (Å²) >= 11 is 0. The fraction of sp³-hybridized carbons (Fsp3) is 0.300. The first-order valence-electron chi connectivity index (χ1n) is 4.27. The van der Waals surface area contributed by atoms with Crippen LogP contribution in [0.4, 0.5) is 13.2 Å². The van der Waals surface area contributed by atoms with E-state index in [0.717, 1.165) is 24.3 Å². The Morgan fingerprint density at radius 3 is 1.93 bits per heavy atom. The molecule has 2 nitrogen and oxygen atoms in total. The zero-order valence-corrected chi connectivity index (χ0v) is 8.30. The molecule has 5 heteroatoms. The van der Waals surface area contributed by atoms with Crippen LogP contribution in [0.15, 0.2) is 24.3 Å². The third kappa shape index (κ3) is 4.36. The zero-order valence-electron chi connectivity index (χ0n) is 8.30. The van der Waals surface area contributed by atoms with Crippen LogP contribution in [0.25, 0.3) is 0 Å². The Morgan fingerprint density at radius 2 is 1.60 bits per heavy atom. The van der Waals surface area contributed by atoms with E-state index >= 15 is 0 Å². The maximum Gasteiger partial charge on any atom is 0.416 e. The topological polar surface area (TPSA) is 33.0 Å². The smallest absolute Gasteiger partial charge is 0.388 e. The second-order valence-corrected chi connectivity index (χ2v) is 2.22. The van der Waals surface area contributed by atoms with Gasteiger partial charge >= 0.3 is 6.18 Å². The lowest BCUT2D eigenvalue weighted by Gasteiger charge is -2.05. The first-order valence-corrected chi connectivity index (χ1v) is 4.27. The fourth-order valence-corrected chi connectivity index (χ4v) is 0.765. The lowest BCUT2D eigenvalue weighted by Crippen LogP contribution is -2.03. The van der Waals surface area contributed by atoms with Crippen molar-refractivity contribution in [1.82, 2.24) is 0 Å². The van der Waals surface area contributed by atoms with Crippen LogP contribution < -0.4 is 4.74 Å². The normalized spacial score (nSPS) is 9.60. The van der Waals surface area contributed by atoms with Crippen molar-refractivity contribution >= 4 is 0 Å². The average molecular weight is 217 g/mol. The van der Waals surface area contributed by atoms with E-state index in [-0.39, 0.29) is 5.75 Å². The molecule has 0 saturated carbocycles. The molecule has 0 bridgehead atoms. The van der Waals surface area contributed by atoms with Crippen molar-refractivity contribution in [3.8, 4) is 12.0 Å². The summed E-state index contributed by atoms with van der Waals surface area (Å²) in [6.07, 6.45) is -3.00. The second-order valence-electron chi connectivity index (χ2n) is 2.22. The van der Waals surface area contributed by atoms with Crippen LogP contribution in [-0.2, 0) is 6.18 Å². The molecular formula is C10H10F3NO. The number of nitriles is 1. The van der Waals surface area contributed by atoms with Gasteiger partial charge in [0.1, 0.15) is 5.75 Å². The van der Waals surface area contributed by atoms with Crippen LogP contribution in [0.2, 0.25) is 0 Å². The third-order valence-corrected chi connectivity index (χ3v) is 1.35. The molecule has 0 heterocycles. The van der Waals surface area contributed by atoms with Crippen molar-refractivity contribution in [3.05, 3.63) is 29.8 Å². The number of alkyl halides is 3. The minimum Gasteiger partial charge on any atom is -0.388 e. The van der Waals surface area contributed by atoms with Crippen molar-refractivity contribution in [2.45, 2.75) is 20.0 Å². The van der Waals surface area contributed by atoms with E-state index < -0.39 is 11.7 Å². The molecule has 0 spiro atoms. The van der Waals surface area contributed by atoms with Crippen LogP contribution in [-0.4, -0.2) is 0 Å². The number of nitrogens with zero attached hydrogens (tertiary/aromatic N) is 1. The highest BCUT2D eigenvalue weighted by Gasteiger charge is 2.29. The van der Waals surface area contributed by atoms with E-state index in [4.69, 9.17) is 5.26 Å². The van der Waals surface area contributed by atoms with Crippen molar-refractivity contribution < 1.29 is 17.9 Å². The van der Waals surface area contributed by atoms with E-state index in [1.54, 1.807) is 0 Å².